The number of nitrogens with zero attached hydrogens (tertiary/aromatic N) is 3. The molecule has 0 saturated carbocycles. The molecule has 3 rings (SSSR count). The van der Waals surface area contributed by atoms with Crippen molar-refractivity contribution in [1.29, 1.82) is 0 Å². The molecule has 2 aromatic rings. The molecule has 6 nitrogen and oxygen atoms in total. The first-order valence-corrected chi connectivity index (χ1v) is 6.26. The summed E-state index contributed by atoms with van der Waals surface area (Å²) in [5.74, 6) is 1.73. The maximum absolute atomic E-state index is 11.8. The van der Waals surface area contributed by atoms with Gasteiger partial charge in [0.1, 0.15) is 17.5 Å². The lowest BCUT2D eigenvalue weighted by Crippen LogP contribution is -2.26. The van der Waals surface area contributed by atoms with Crippen LogP contribution in [-0.4, -0.2) is 20.4 Å². The van der Waals surface area contributed by atoms with E-state index in [4.69, 9.17) is 5.73 Å². The second kappa shape index (κ2) is 4.38. The summed E-state index contributed by atoms with van der Waals surface area (Å²) in [6.45, 7) is 2.88. The first kappa shape index (κ1) is 11.7. The van der Waals surface area contributed by atoms with Gasteiger partial charge < -0.3 is 15.6 Å². The number of hydrogen-bond donors (Lipinski definition) is 2. The summed E-state index contributed by atoms with van der Waals surface area (Å²) in [6, 6.07) is 3.67. The zero-order chi connectivity index (χ0) is 13.4. The fourth-order valence-corrected chi connectivity index (χ4v) is 2.47. The van der Waals surface area contributed by atoms with E-state index in [0.717, 1.165) is 17.9 Å². The van der Waals surface area contributed by atoms with Gasteiger partial charge in [-0.2, -0.15) is 0 Å². The minimum absolute atomic E-state index is 0.0544. The van der Waals surface area contributed by atoms with Gasteiger partial charge in [-0.25, -0.2) is 9.97 Å². The van der Waals surface area contributed by atoms with Crippen molar-refractivity contribution in [2.24, 2.45) is 0 Å². The van der Waals surface area contributed by atoms with Crippen LogP contribution in [0.1, 0.15) is 30.7 Å². The summed E-state index contributed by atoms with van der Waals surface area (Å²) in [5, 5.41) is 2.76. The van der Waals surface area contributed by atoms with Crippen LogP contribution in [0.2, 0.25) is 0 Å². The molecule has 19 heavy (non-hydrogen) atoms. The van der Waals surface area contributed by atoms with Crippen molar-refractivity contribution in [2.45, 2.75) is 25.8 Å². The van der Waals surface area contributed by atoms with Gasteiger partial charge in [0.2, 0.25) is 5.91 Å². The van der Waals surface area contributed by atoms with Gasteiger partial charge in [0, 0.05) is 30.9 Å². The Bertz CT molecular complexity index is 634. The minimum atomic E-state index is -0.0631. The van der Waals surface area contributed by atoms with E-state index in [-0.39, 0.29) is 11.8 Å². The minimum Gasteiger partial charge on any atom is -0.384 e. The molecular weight excluding hydrogens is 242 g/mol. The van der Waals surface area contributed by atoms with Crippen molar-refractivity contribution in [3.63, 3.8) is 0 Å². The molecule has 0 aromatic carbocycles. The number of hydrogen-bond acceptors (Lipinski definition) is 4. The maximum atomic E-state index is 11.8. The van der Waals surface area contributed by atoms with Crippen molar-refractivity contribution in [3.05, 3.63) is 35.9 Å². The highest BCUT2D eigenvalue weighted by Crippen LogP contribution is 2.35. The van der Waals surface area contributed by atoms with Crippen LogP contribution in [0, 0.1) is 0 Å². The molecule has 1 aliphatic heterocycles. The molecule has 0 saturated heterocycles. The predicted octanol–water partition coefficient (Wildman–Crippen LogP) is 1.35. The zero-order valence-corrected chi connectivity index (χ0v) is 10.6. The third-order valence-corrected chi connectivity index (χ3v) is 3.37. The highest BCUT2D eigenvalue weighted by Gasteiger charge is 2.30. The van der Waals surface area contributed by atoms with Crippen LogP contribution >= 0.6 is 0 Å². The Morgan fingerprint density at radius 3 is 3.16 bits per heavy atom. The predicted molar refractivity (Wildman–Crippen MR) is 71.6 cm³/mol. The van der Waals surface area contributed by atoms with Gasteiger partial charge in [-0.15, -0.1) is 0 Å². The standard InChI is InChI=1S/C13H15N5O/c1-2-18-6-5-15-13(18)9-7-11(19)17-12-8(9)3-4-10(14)16-12/h3-6,9H,2,7H2,1H3,(H3,14,16,17,19). The number of imidazole rings is 1. The Morgan fingerprint density at radius 2 is 2.37 bits per heavy atom. The molecule has 1 atom stereocenters. The maximum Gasteiger partial charge on any atom is 0.226 e. The lowest BCUT2D eigenvalue weighted by atomic mass is 9.92. The van der Waals surface area contributed by atoms with Crippen molar-refractivity contribution in [3.8, 4) is 0 Å². The van der Waals surface area contributed by atoms with E-state index >= 15 is 0 Å². The lowest BCUT2D eigenvalue weighted by Gasteiger charge is -2.24. The second-order valence-corrected chi connectivity index (χ2v) is 4.55. The van der Waals surface area contributed by atoms with Gasteiger partial charge in [-0.3, -0.25) is 4.79 Å². The molecule has 0 fully saturated rings. The molecule has 1 amide bonds. The number of amides is 1. The van der Waals surface area contributed by atoms with E-state index in [1.54, 1.807) is 12.3 Å². The number of nitrogens with two attached hydrogens (primary N) is 1. The van der Waals surface area contributed by atoms with E-state index in [2.05, 4.69) is 22.2 Å². The normalized spacial score (nSPS) is 17.9. The van der Waals surface area contributed by atoms with Crippen molar-refractivity contribution >= 4 is 17.5 Å². The fraction of sp³-hybridized carbons (Fsp3) is 0.308. The molecule has 0 aliphatic carbocycles. The number of aryl methyl sites for hydroxylation is 1. The first-order valence-electron chi connectivity index (χ1n) is 6.26. The molecule has 6 heteroatoms. The first-order chi connectivity index (χ1) is 9.19. The Kier molecular flexibility index (Phi) is 2.70. The van der Waals surface area contributed by atoms with Crippen molar-refractivity contribution in [1.82, 2.24) is 14.5 Å². The molecule has 2 aromatic heterocycles. The summed E-state index contributed by atoms with van der Waals surface area (Å²) >= 11 is 0. The molecule has 3 N–H and O–H groups in total. The molecule has 0 spiro atoms. The van der Waals surface area contributed by atoms with E-state index in [1.165, 1.54) is 0 Å². The summed E-state index contributed by atoms with van der Waals surface area (Å²) in [5.41, 5.74) is 6.63. The average Bonchev–Trinajstić information content (AvgIpc) is 2.85. The van der Waals surface area contributed by atoms with Gasteiger partial charge in [-0.05, 0) is 13.0 Å². The summed E-state index contributed by atoms with van der Waals surface area (Å²) in [7, 11) is 0. The van der Waals surface area contributed by atoms with E-state index in [9.17, 15) is 4.79 Å². The van der Waals surface area contributed by atoms with Crippen molar-refractivity contribution < 1.29 is 4.79 Å². The number of nitrogen functional groups attached to an aromatic ring is 1. The number of anilines is 2. The van der Waals surface area contributed by atoms with Crippen LogP contribution in [0.4, 0.5) is 11.6 Å². The number of aromatic nitrogens is 3. The number of fused-ring (bicyclic) bond motifs is 1. The van der Waals surface area contributed by atoms with Gasteiger partial charge in [0.25, 0.3) is 0 Å². The van der Waals surface area contributed by atoms with Gasteiger partial charge in [0.15, 0.2) is 0 Å². The summed E-state index contributed by atoms with van der Waals surface area (Å²) in [4.78, 5) is 20.4. The highest BCUT2D eigenvalue weighted by molar-refractivity contribution is 5.94. The van der Waals surface area contributed by atoms with Gasteiger partial charge in [0.05, 0.1) is 5.92 Å². The number of nitrogens with one attached hydrogen (secondary N) is 1. The van der Waals surface area contributed by atoms with E-state index < -0.39 is 0 Å². The van der Waals surface area contributed by atoms with Gasteiger partial charge in [-0.1, -0.05) is 6.07 Å². The monoisotopic (exact) mass is 257 g/mol. The fourth-order valence-electron chi connectivity index (χ4n) is 2.47. The lowest BCUT2D eigenvalue weighted by molar-refractivity contribution is -0.116. The van der Waals surface area contributed by atoms with Crippen LogP contribution < -0.4 is 11.1 Å². The summed E-state index contributed by atoms with van der Waals surface area (Å²) < 4.78 is 2.05. The molecular formula is C13H15N5O. The topological polar surface area (TPSA) is 85.8 Å². The molecule has 1 unspecified atom stereocenters. The van der Waals surface area contributed by atoms with Crippen molar-refractivity contribution in [2.75, 3.05) is 11.1 Å². The number of carbonyl (C=O) groups is 1. The van der Waals surface area contributed by atoms with E-state index in [0.29, 0.717) is 18.1 Å². The molecule has 1 aliphatic rings. The third kappa shape index (κ3) is 1.95. The number of pyridine rings is 1. The van der Waals surface area contributed by atoms with Crippen LogP contribution in [0.15, 0.2) is 24.5 Å². The van der Waals surface area contributed by atoms with Crippen LogP contribution in [-0.2, 0) is 11.3 Å². The number of carbonyl (C=O) groups excluding carboxylic acids is 1. The Hall–Kier alpha value is -2.37. The molecule has 3 heterocycles. The van der Waals surface area contributed by atoms with Gasteiger partial charge >= 0.3 is 0 Å². The third-order valence-electron chi connectivity index (χ3n) is 3.37. The van der Waals surface area contributed by atoms with Crippen LogP contribution in [0.5, 0.6) is 0 Å². The van der Waals surface area contributed by atoms with Crippen LogP contribution in [0.3, 0.4) is 0 Å². The summed E-state index contributed by atoms with van der Waals surface area (Å²) in [6.07, 6.45) is 4.07. The molecule has 0 radical (unpaired) electrons. The second-order valence-electron chi connectivity index (χ2n) is 4.55. The Labute approximate surface area is 110 Å². The molecule has 98 valence electrons. The highest BCUT2D eigenvalue weighted by atomic mass is 16.1. The Balaban J connectivity index is 2.11. The zero-order valence-electron chi connectivity index (χ0n) is 10.6. The van der Waals surface area contributed by atoms with E-state index in [1.807, 2.05) is 16.8 Å². The SMILES string of the molecule is CCn1ccnc1C1CC(=O)Nc2nc(N)ccc21. The smallest absolute Gasteiger partial charge is 0.226 e. The quantitative estimate of drug-likeness (QED) is 0.850. The molecule has 0 bridgehead atoms. The number of rotatable bonds is 2. The Morgan fingerprint density at radius 1 is 1.53 bits per heavy atom. The average molecular weight is 257 g/mol. The van der Waals surface area contributed by atoms with Crippen LogP contribution in [0.25, 0.3) is 0 Å². The largest absolute Gasteiger partial charge is 0.384 e.